The normalized spacial score (nSPS) is 12.5. The monoisotopic (exact) mass is 486 g/mol. The molecule has 3 aromatic rings. The van der Waals surface area contributed by atoms with Crippen molar-refractivity contribution >= 4 is 17.5 Å². The number of rotatable bonds is 7. The largest absolute Gasteiger partial charge is 0.486 e. The number of alkyl halides is 3. The highest BCUT2D eigenvalue weighted by molar-refractivity contribution is 5.94. The summed E-state index contributed by atoms with van der Waals surface area (Å²) in [6, 6.07) is 15.9. The summed E-state index contributed by atoms with van der Waals surface area (Å²) in [4.78, 5) is 24.5. The van der Waals surface area contributed by atoms with Crippen LogP contribution in [0.3, 0.4) is 0 Å². The van der Waals surface area contributed by atoms with E-state index in [1.807, 2.05) is 12.1 Å². The Morgan fingerprint density at radius 1 is 0.943 bits per heavy atom. The zero-order chi connectivity index (χ0) is 24.8. The third-order valence-electron chi connectivity index (χ3n) is 5.05. The number of halogens is 3. The molecule has 0 aromatic heterocycles. The average molecular weight is 486 g/mol. The van der Waals surface area contributed by atoms with E-state index in [1.165, 1.54) is 36.4 Å². The van der Waals surface area contributed by atoms with Gasteiger partial charge in [0.1, 0.15) is 19.0 Å². The molecule has 1 aliphatic heterocycles. The van der Waals surface area contributed by atoms with Crippen molar-refractivity contribution in [1.82, 2.24) is 5.32 Å². The lowest BCUT2D eigenvalue weighted by Gasteiger charge is -2.21. The van der Waals surface area contributed by atoms with Crippen molar-refractivity contribution < 1.29 is 37.0 Å². The molecule has 0 aliphatic carbocycles. The molecule has 0 fully saturated rings. The highest BCUT2D eigenvalue weighted by Gasteiger charge is 2.30. The minimum Gasteiger partial charge on any atom is -0.486 e. The second-order valence-electron chi connectivity index (χ2n) is 7.56. The van der Waals surface area contributed by atoms with Gasteiger partial charge in [0.15, 0.2) is 18.1 Å². The van der Waals surface area contributed by atoms with Crippen molar-refractivity contribution in [2.24, 2.45) is 0 Å². The van der Waals surface area contributed by atoms with Crippen LogP contribution in [0.25, 0.3) is 0 Å². The summed E-state index contributed by atoms with van der Waals surface area (Å²) >= 11 is 0. The predicted molar refractivity (Wildman–Crippen MR) is 121 cm³/mol. The molecule has 10 heteroatoms. The number of amides is 2. The number of anilines is 1. The fraction of sp³-hybridized carbons (Fsp3) is 0.200. The summed E-state index contributed by atoms with van der Waals surface area (Å²) in [7, 11) is 0. The molecule has 182 valence electrons. The lowest BCUT2D eigenvalue weighted by molar-refractivity contribution is -0.137. The number of carbonyl (C=O) groups is 2. The molecule has 4 rings (SSSR count). The summed E-state index contributed by atoms with van der Waals surface area (Å²) in [5.41, 5.74) is 0.324. The van der Waals surface area contributed by atoms with Gasteiger partial charge in [-0.25, -0.2) is 0 Å². The molecule has 0 saturated carbocycles. The van der Waals surface area contributed by atoms with Gasteiger partial charge in [-0.2, -0.15) is 13.2 Å². The molecule has 7 nitrogen and oxygen atoms in total. The maximum Gasteiger partial charge on any atom is 0.416 e. The van der Waals surface area contributed by atoms with Gasteiger partial charge in [-0.05, 0) is 48.5 Å². The first-order valence-corrected chi connectivity index (χ1v) is 10.7. The Hall–Kier alpha value is -4.21. The van der Waals surface area contributed by atoms with E-state index in [9.17, 15) is 22.8 Å². The minimum absolute atomic E-state index is 0.0112. The smallest absolute Gasteiger partial charge is 0.416 e. The number of nitrogens with one attached hydrogen (secondary N) is 2. The van der Waals surface area contributed by atoms with Crippen molar-refractivity contribution in [2.45, 2.75) is 12.7 Å². The molecule has 3 aromatic carbocycles. The molecular formula is C25H21F3N2O5. The lowest BCUT2D eigenvalue weighted by atomic mass is 10.1. The van der Waals surface area contributed by atoms with Crippen LogP contribution in [0, 0.1) is 0 Å². The molecule has 1 heterocycles. The van der Waals surface area contributed by atoms with Crippen LogP contribution in [0.2, 0.25) is 0 Å². The molecule has 2 N–H and O–H groups in total. The van der Waals surface area contributed by atoms with E-state index in [1.54, 1.807) is 6.07 Å². The Balaban J connectivity index is 1.27. The fourth-order valence-electron chi connectivity index (χ4n) is 3.37. The number of fused-ring (bicyclic) bond motifs is 1. The molecular weight excluding hydrogens is 465 g/mol. The van der Waals surface area contributed by atoms with Gasteiger partial charge in [-0.3, -0.25) is 9.59 Å². The van der Waals surface area contributed by atoms with Crippen LogP contribution in [-0.2, 0) is 17.5 Å². The highest BCUT2D eigenvalue weighted by Crippen LogP contribution is 2.33. The van der Waals surface area contributed by atoms with Gasteiger partial charge in [0, 0.05) is 23.4 Å². The fourth-order valence-corrected chi connectivity index (χ4v) is 3.37. The van der Waals surface area contributed by atoms with Gasteiger partial charge in [0.2, 0.25) is 0 Å². The van der Waals surface area contributed by atoms with Crippen LogP contribution < -0.4 is 24.8 Å². The number of hydrogen-bond acceptors (Lipinski definition) is 5. The third-order valence-corrected chi connectivity index (χ3v) is 5.05. The quantitative estimate of drug-likeness (QED) is 0.516. The molecule has 0 saturated heterocycles. The molecule has 35 heavy (non-hydrogen) atoms. The van der Waals surface area contributed by atoms with E-state index in [-0.39, 0.29) is 18.1 Å². The van der Waals surface area contributed by atoms with Gasteiger partial charge in [0.25, 0.3) is 11.8 Å². The topological polar surface area (TPSA) is 85.9 Å². The Bertz CT molecular complexity index is 1210. The van der Waals surface area contributed by atoms with Crippen LogP contribution in [0.5, 0.6) is 17.2 Å². The first-order chi connectivity index (χ1) is 16.8. The van der Waals surface area contributed by atoms with Crippen LogP contribution in [0.15, 0.2) is 66.7 Å². The summed E-state index contributed by atoms with van der Waals surface area (Å²) in [6.07, 6.45) is -4.51. The molecule has 0 bridgehead atoms. The number of para-hydroxylation sites is 1. The Labute approximate surface area is 198 Å². The summed E-state index contributed by atoms with van der Waals surface area (Å²) < 4.78 is 54.9. The SMILES string of the molecule is O=C(COc1ccc(C(=O)NCc2cccc3c2OCCO3)cc1)Nc1cccc(C(F)(F)F)c1. The molecule has 0 unspecified atom stereocenters. The Morgan fingerprint density at radius 2 is 1.69 bits per heavy atom. The Kier molecular flexibility index (Phi) is 7.09. The maximum atomic E-state index is 12.8. The molecule has 0 spiro atoms. The summed E-state index contributed by atoms with van der Waals surface area (Å²) in [5.74, 6) is 0.646. The zero-order valence-corrected chi connectivity index (χ0v) is 18.4. The van der Waals surface area contributed by atoms with E-state index in [4.69, 9.17) is 14.2 Å². The van der Waals surface area contributed by atoms with Crippen molar-refractivity contribution in [2.75, 3.05) is 25.1 Å². The number of ether oxygens (including phenoxy) is 3. The van der Waals surface area contributed by atoms with Crippen LogP contribution >= 0.6 is 0 Å². The van der Waals surface area contributed by atoms with Crippen molar-refractivity contribution in [1.29, 1.82) is 0 Å². The maximum absolute atomic E-state index is 12.8. The molecule has 0 atom stereocenters. The van der Waals surface area contributed by atoms with Gasteiger partial charge in [-0.1, -0.05) is 18.2 Å². The van der Waals surface area contributed by atoms with E-state index >= 15 is 0 Å². The van der Waals surface area contributed by atoms with Gasteiger partial charge >= 0.3 is 6.18 Å². The lowest BCUT2D eigenvalue weighted by Crippen LogP contribution is -2.24. The van der Waals surface area contributed by atoms with Crippen molar-refractivity contribution in [3.63, 3.8) is 0 Å². The van der Waals surface area contributed by atoms with E-state index in [0.717, 1.165) is 17.7 Å². The zero-order valence-electron chi connectivity index (χ0n) is 18.4. The van der Waals surface area contributed by atoms with E-state index in [0.29, 0.717) is 36.0 Å². The Morgan fingerprint density at radius 3 is 2.46 bits per heavy atom. The van der Waals surface area contributed by atoms with E-state index in [2.05, 4.69) is 10.6 Å². The number of benzene rings is 3. The second-order valence-corrected chi connectivity index (χ2v) is 7.56. The number of carbonyl (C=O) groups excluding carboxylic acids is 2. The van der Waals surface area contributed by atoms with Crippen LogP contribution in [0.1, 0.15) is 21.5 Å². The first-order valence-electron chi connectivity index (χ1n) is 10.7. The molecule has 1 aliphatic rings. The molecule has 2 amide bonds. The van der Waals surface area contributed by atoms with Gasteiger partial charge < -0.3 is 24.8 Å². The number of hydrogen-bond donors (Lipinski definition) is 2. The summed E-state index contributed by atoms with van der Waals surface area (Å²) in [5, 5.41) is 5.18. The van der Waals surface area contributed by atoms with E-state index < -0.39 is 24.3 Å². The first kappa shape index (κ1) is 23.9. The van der Waals surface area contributed by atoms with Crippen molar-refractivity contribution in [3.05, 3.63) is 83.4 Å². The molecule has 0 radical (unpaired) electrons. The summed E-state index contributed by atoms with van der Waals surface area (Å²) in [6.45, 7) is 0.754. The minimum atomic E-state index is -4.51. The van der Waals surface area contributed by atoms with Crippen LogP contribution in [-0.4, -0.2) is 31.6 Å². The standard InChI is InChI=1S/C25H21F3N2O5/c26-25(27,28)18-4-2-5-19(13-18)30-22(31)15-35-20-9-7-16(8-10-20)24(32)29-14-17-3-1-6-21-23(17)34-12-11-33-21/h1-10,13H,11-12,14-15H2,(H,29,32)(H,30,31). The third kappa shape index (κ3) is 6.23. The predicted octanol–water partition coefficient (Wildman–Crippen LogP) is 4.42. The highest BCUT2D eigenvalue weighted by atomic mass is 19.4. The van der Waals surface area contributed by atoms with Crippen LogP contribution in [0.4, 0.5) is 18.9 Å². The second kappa shape index (κ2) is 10.4. The van der Waals surface area contributed by atoms with Crippen molar-refractivity contribution in [3.8, 4) is 17.2 Å². The van der Waals surface area contributed by atoms with Gasteiger partial charge in [0.05, 0.1) is 5.56 Å². The van der Waals surface area contributed by atoms with Gasteiger partial charge in [-0.15, -0.1) is 0 Å². The average Bonchev–Trinajstić information content (AvgIpc) is 2.86.